The standard InChI is InChI=1S/C48H77NO4/c1-3-5-7-9-11-13-15-17-19-21-23-25-27-29-34-38-45-46(39-35-30-28-26-24-22-20-18-16-14-12-10-8-6-4-2)53-48(52-45)40-41-49(43-48)47(50)51-42-44-36-32-31-33-37-44/h11-14,17-20,31-33,36-37,45-46H,3-10,15-16,21-30,34-35,38-43H2,1-2H3/b13-11-,14-12-,19-17-,20-18-. The smallest absolute Gasteiger partial charge is 0.410 e. The summed E-state index contributed by atoms with van der Waals surface area (Å²) in [5, 5.41) is 0. The van der Waals surface area contributed by atoms with Crippen molar-refractivity contribution in [3.8, 4) is 0 Å². The Labute approximate surface area is 325 Å². The highest BCUT2D eigenvalue weighted by atomic mass is 16.8. The first kappa shape index (κ1) is 44.8. The average Bonchev–Trinajstić information content (AvgIpc) is 3.75. The van der Waals surface area contributed by atoms with Crippen LogP contribution in [-0.2, 0) is 20.8 Å². The molecule has 1 aromatic rings. The van der Waals surface area contributed by atoms with Crippen molar-refractivity contribution in [2.24, 2.45) is 0 Å². The summed E-state index contributed by atoms with van der Waals surface area (Å²) < 4.78 is 19.2. The Morgan fingerprint density at radius 2 is 1.09 bits per heavy atom. The highest BCUT2D eigenvalue weighted by Crippen LogP contribution is 2.40. The van der Waals surface area contributed by atoms with Crippen molar-refractivity contribution in [3.63, 3.8) is 0 Å². The van der Waals surface area contributed by atoms with Gasteiger partial charge in [-0.1, -0.05) is 170 Å². The topological polar surface area (TPSA) is 48.0 Å². The molecule has 2 aliphatic heterocycles. The number of hydrogen-bond donors (Lipinski definition) is 0. The van der Waals surface area contributed by atoms with Crippen molar-refractivity contribution >= 4 is 6.09 Å². The van der Waals surface area contributed by atoms with Gasteiger partial charge in [-0.15, -0.1) is 0 Å². The predicted molar refractivity (Wildman–Crippen MR) is 224 cm³/mol. The summed E-state index contributed by atoms with van der Waals surface area (Å²) in [5.41, 5.74) is 0.998. The summed E-state index contributed by atoms with van der Waals surface area (Å²) in [6.07, 6.45) is 48.8. The first-order valence-corrected chi connectivity index (χ1v) is 22.1. The fourth-order valence-corrected chi connectivity index (χ4v) is 7.45. The minimum absolute atomic E-state index is 0.110. The average molecular weight is 732 g/mol. The molecule has 0 saturated carbocycles. The van der Waals surface area contributed by atoms with Gasteiger partial charge in [0.25, 0.3) is 0 Å². The predicted octanol–water partition coefficient (Wildman–Crippen LogP) is 14.1. The van der Waals surface area contributed by atoms with Crippen molar-refractivity contribution in [3.05, 3.63) is 84.5 Å². The van der Waals surface area contributed by atoms with Crippen LogP contribution in [-0.4, -0.2) is 42.1 Å². The molecule has 0 N–H and O–H groups in total. The van der Waals surface area contributed by atoms with Crippen molar-refractivity contribution in [1.82, 2.24) is 4.90 Å². The number of ether oxygens (including phenoxy) is 3. The van der Waals surface area contributed by atoms with Gasteiger partial charge < -0.3 is 19.1 Å². The third-order valence-corrected chi connectivity index (χ3v) is 10.7. The third kappa shape index (κ3) is 20.6. The van der Waals surface area contributed by atoms with Gasteiger partial charge in [-0.2, -0.15) is 0 Å². The molecule has 2 atom stereocenters. The van der Waals surface area contributed by atoms with E-state index < -0.39 is 5.79 Å². The van der Waals surface area contributed by atoms with Crippen LogP contribution in [0.25, 0.3) is 0 Å². The van der Waals surface area contributed by atoms with Crippen LogP contribution in [0.2, 0.25) is 0 Å². The number of likely N-dealkylation sites (tertiary alicyclic amines) is 1. The molecule has 3 rings (SSSR count). The molecule has 2 heterocycles. The van der Waals surface area contributed by atoms with E-state index in [4.69, 9.17) is 14.2 Å². The fourth-order valence-electron chi connectivity index (χ4n) is 7.45. The number of carbonyl (C=O) groups is 1. The Bertz CT molecular complexity index is 1100. The number of allylic oxidation sites excluding steroid dienone is 8. The number of amides is 1. The Balaban J connectivity index is 1.34. The molecule has 1 amide bonds. The van der Waals surface area contributed by atoms with Gasteiger partial charge in [0.15, 0.2) is 5.79 Å². The summed E-state index contributed by atoms with van der Waals surface area (Å²) in [6.45, 7) is 5.87. The summed E-state index contributed by atoms with van der Waals surface area (Å²) in [4.78, 5) is 14.7. The van der Waals surface area contributed by atoms with Crippen LogP contribution in [0, 0.1) is 0 Å². The molecular formula is C48H77NO4. The van der Waals surface area contributed by atoms with Crippen LogP contribution in [0.5, 0.6) is 0 Å². The quantitative estimate of drug-likeness (QED) is 0.0584. The lowest BCUT2D eigenvalue weighted by Crippen LogP contribution is -2.37. The van der Waals surface area contributed by atoms with Crippen LogP contribution in [0.4, 0.5) is 4.79 Å². The second-order valence-corrected chi connectivity index (χ2v) is 15.5. The number of nitrogens with zero attached hydrogens (tertiary/aromatic N) is 1. The zero-order valence-corrected chi connectivity index (χ0v) is 34.0. The molecule has 53 heavy (non-hydrogen) atoms. The van der Waals surface area contributed by atoms with Gasteiger partial charge in [-0.05, 0) is 82.6 Å². The lowest BCUT2D eigenvalue weighted by Gasteiger charge is -2.23. The van der Waals surface area contributed by atoms with Gasteiger partial charge in [0.2, 0.25) is 0 Å². The Hall–Kier alpha value is -2.63. The molecule has 2 aliphatic rings. The molecule has 298 valence electrons. The molecule has 0 radical (unpaired) electrons. The van der Waals surface area contributed by atoms with Gasteiger partial charge in [-0.25, -0.2) is 4.79 Å². The number of hydrogen-bond acceptors (Lipinski definition) is 4. The number of carbonyl (C=O) groups excluding carboxylic acids is 1. The zero-order valence-electron chi connectivity index (χ0n) is 34.0. The highest BCUT2D eigenvalue weighted by Gasteiger charge is 2.52. The van der Waals surface area contributed by atoms with Gasteiger partial charge in [0.1, 0.15) is 6.61 Å². The van der Waals surface area contributed by atoms with Crippen molar-refractivity contribution in [1.29, 1.82) is 0 Å². The molecule has 2 fully saturated rings. The van der Waals surface area contributed by atoms with Crippen molar-refractivity contribution < 1.29 is 19.0 Å². The maximum Gasteiger partial charge on any atom is 0.410 e. The molecule has 1 aromatic carbocycles. The van der Waals surface area contributed by atoms with E-state index in [1.54, 1.807) is 4.90 Å². The van der Waals surface area contributed by atoms with E-state index in [0.717, 1.165) is 31.2 Å². The van der Waals surface area contributed by atoms with Crippen molar-refractivity contribution in [2.45, 2.75) is 199 Å². The Morgan fingerprint density at radius 3 is 1.58 bits per heavy atom. The molecule has 5 nitrogen and oxygen atoms in total. The molecule has 0 aromatic heterocycles. The maximum atomic E-state index is 13.0. The fraction of sp³-hybridized carbons (Fsp3) is 0.688. The third-order valence-electron chi connectivity index (χ3n) is 10.7. The zero-order chi connectivity index (χ0) is 37.5. The maximum absolute atomic E-state index is 13.0. The van der Waals surface area contributed by atoms with E-state index >= 15 is 0 Å². The minimum Gasteiger partial charge on any atom is -0.445 e. The molecule has 2 unspecified atom stereocenters. The van der Waals surface area contributed by atoms with E-state index in [1.165, 1.54) is 128 Å². The van der Waals surface area contributed by atoms with E-state index in [-0.39, 0.29) is 24.9 Å². The van der Waals surface area contributed by atoms with Crippen molar-refractivity contribution in [2.75, 3.05) is 13.1 Å². The van der Waals surface area contributed by atoms with Gasteiger partial charge in [0.05, 0.1) is 18.8 Å². The molecule has 1 spiro atoms. The number of benzene rings is 1. The molecule has 2 saturated heterocycles. The summed E-state index contributed by atoms with van der Waals surface area (Å²) in [6, 6.07) is 9.88. The number of rotatable bonds is 30. The summed E-state index contributed by atoms with van der Waals surface area (Å²) in [5.74, 6) is -0.685. The van der Waals surface area contributed by atoms with Gasteiger partial charge >= 0.3 is 6.09 Å². The second-order valence-electron chi connectivity index (χ2n) is 15.5. The van der Waals surface area contributed by atoms with E-state index in [0.29, 0.717) is 19.5 Å². The monoisotopic (exact) mass is 732 g/mol. The van der Waals surface area contributed by atoms with E-state index in [2.05, 4.69) is 62.5 Å². The summed E-state index contributed by atoms with van der Waals surface area (Å²) in [7, 11) is 0. The second kappa shape index (κ2) is 29.7. The summed E-state index contributed by atoms with van der Waals surface area (Å²) >= 11 is 0. The van der Waals surface area contributed by atoms with Crippen LogP contribution in [0.15, 0.2) is 78.9 Å². The molecular weight excluding hydrogens is 655 g/mol. The highest BCUT2D eigenvalue weighted by molar-refractivity contribution is 5.68. The Kier molecular flexibility index (Phi) is 25.1. The van der Waals surface area contributed by atoms with Crippen LogP contribution < -0.4 is 0 Å². The lowest BCUT2D eigenvalue weighted by molar-refractivity contribution is -0.164. The largest absolute Gasteiger partial charge is 0.445 e. The minimum atomic E-state index is -0.685. The first-order valence-electron chi connectivity index (χ1n) is 22.1. The SMILES string of the molecule is CCCCC/C=C\C/C=C\CCCCCCCC1OC2(CCN(C(=O)OCc3ccccc3)C2)OC1CCCCCCC/C=C\C/C=C\CCCCC. The number of unbranched alkanes of at least 4 members (excludes halogenated alkanes) is 16. The van der Waals surface area contributed by atoms with Gasteiger partial charge in [-0.3, -0.25) is 0 Å². The molecule has 0 aliphatic carbocycles. The van der Waals surface area contributed by atoms with Crippen LogP contribution in [0.1, 0.15) is 180 Å². The lowest BCUT2D eigenvalue weighted by atomic mass is 9.99. The Morgan fingerprint density at radius 1 is 0.642 bits per heavy atom. The normalized spacial score (nSPS) is 20.5. The van der Waals surface area contributed by atoms with E-state index in [9.17, 15) is 4.79 Å². The molecule has 0 bridgehead atoms. The van der Waals surface area contributed by atoms with Crippen LogP contribution in [0.3, 0.4) is 0 Å². The van der Waals surface area contributed by atoms with Gasteiger partial charge in [0, 0.05) is 13.0 Å². The van der Waals surface area contributed by atoms with Crippen LogP contribution >= 0.6 is 0 Å². The first-order chi connectivity index (χ1) is 26.2. The molecule has 5 heteroatoms. The van der Waals surface area contributed by atoms with E-state index in [1.807, 2.05) is 30.3 Å².